The molecule has 4 N–H and O–H groups in total. The van der Waals surface area contributed by atoms with E-state index >= 15 is 0 Å². The lowest BCUT2D eigenvalue weighted by atomic mass is 10.2. The van der Waals surface area contributed by atoms with Gasteiger partial charge in [0.2, 0.25) is 0 Å². The number of ether oxygens (including phenoxy) is 2. The van der Waals surface area contributed by atoms with Crippen molar-refractivity contribution < 1.29 is 9.47 Å². The Morgan fingerprint density at radius 3 is 2.40 bits per heavy atom. The molecule has 0 heterocycles. The minimum Gasteiger partial charge on any atom is -0.490 e. The van der Waals surface area contributed by atoms with Gasteiger partial charge in [0.25, 0.3) is 0 Å². The summed E-state index contributed by atoms with van der Waals surface area (Å²) in [6.45, 7) is 4.80. The average molecular weight is 272 g/mol. The minimum atomic E-state index is 0.442. The van der Waals surface area contributed by atoms with Gasteiger partial charge in [-0.25, -0.2) is 0 Å². The van der Waals surface area contributed by atoms with Crippen LogP contribution < -0.4 is 20.9 Å². The molecule has 4 nitrogen and oxygen atoms in total. The average Bonchev–Trinajstić information content (AvgIpc) is 2.43. The molecule has 0 spiro atoms. The molecule has 0 radical (unpaired) electrons. The van der Waals surface area contributed by atoms with Crippen molar-refractivity contribution in [3.63, 3.8) is 0 Å². The van der Waals surface area contributed by atoms with Gasteiger partial charge in [0.05, 0.1) is 5.69 Å². The van der Waals surface area contributed by atoms with Crippen molar-refractivity contribution in [1.29, 1.82) is 0 Å². The van der Waals surface area contributed by atoms with Crippen molar-refractivity contribution >= 4 is 11.4 Å². The van der Waals surface area contributed by atoms with Crippen LogP contribution in [0.5, 0.6) is 11.5 Å². The molecule has 0 fully saturated rings. The van der Waals surface area contributed by atoms with E-state index in [0.717, 1.165) is 22.6 Å². The molecule has 20 heavy (non-hydrogen) atoms. The maximum atomic E-state index is 5.93. The Morgan fingerprint density at radius 1 is 0.900 bits per heavy atom. The van der Waals surface area contributed by atoms with Gasteiger partial charge in [0, 0.05) is 5.69 Å². The van der Waals surface area contributed by atoms with Crippen LogP contribution in [0.1, 0.15) is 11.1 Å². The van der Waals surface area contributed by atoms with Gasteiger partial charge in [0.1, 0.15) is 24.7 Å². The first kappa shape index (κ1) is 14.1. The molecule has 106 valence electrons. The number of benzene rings is 2. The van der Waals surface area contributed by atoms with E-state index in [1.807, 2.05) is 50.2 Å². The summed E-state index contributed by atoms with van der Waals surface area (Å²) < 4.78 is 11.2. The fourth-order valence-corrected chi connectivity index (χ4v) is 1.83. The van der Waals surface area contributed by atoms with Crippen LogP contribution in [0.3, 0.4) is 0 Å². The molecule has 0 unspecified atom stereocenters. The third kappa shape index (κ3) is 3.35. The number of hydrogen-bond donors (Lipinski definition) is 2. The summed E-state index contributed by atoms with van der Waals surface area (Å²) in [6, 6.07) is 11.3. The van der Waals surface area contributed by atoms with Crippen molar-refractivity contribution in [3.8, 4) is 11.5 Å². The zero-order chi connectivity index (χ0) is 14.5. The van der Waals surface area contributed by atoms with Crippen molar-refractivity contribution in [2.24, 2.45) is 0 Å². The summed E-state index contributed by atoms with van der Waals surface area (Å²) in [5.41, 5.74) is 15.1. The van der Waals surface area contributed by atoms with Crippen LogP contribution in [0.25, 0.3) is 0 Å². The second-order valence-electron chi connectivity index (χ2n) is 4.70. The molecule has 2 aromatic carbocycles. The smallest absolute Gasteiger partial charge is 0.142 e. The van der Waals surface area contributed by atoms with Gasteiger partial charge in [-0.05, 0) is 49.2 Å². The minimum absolute atomic E-state index is 0.442. The summed E-state index contributed by atoms with van der Waals surface area (Å²) in [5, 5.41) is 0. The lowest BCUT2D eigenvalue weighted by Gasteiger charge is -2.12. The van der Waals surface area contributed by atoms with Gasteiger partial charge in [-0.1, -0.05) is 12.1 Å². The Morgan fingerprint density at radius 2 is 1.65 bits per heavy atom. The fraction of sp³-hybridized carbons (Fsp3) is 0.250. The monoisotopic (exact) mass is 272 g/mol. The van der Waals surface area contributed by atoms with Crippen LogP contribution in [-0.2, 0) is 0 Å². The number of nitrogens with two attached hydrogens (primary N) is 2. The fourth-order valence-electron chi connectivity index (χ4n) is 1.83. The summed E-state index contributed by atoms with van der Waals surface area (Å²) >= 11 is 0. The zero-order valence-corrected chi connectivity index (χ0v) is 11.8. The molecule has 0 aromatic heterocycles. The van der Waals surface area contributed by atoms with Gasteiger partial charge >= 0.3 is 0 Å². The van der Waals surface area contributed by atoms with E-state index in [9.17, 15) is 0 Å². The lowest BCUT2D eigenvalue weighted by molar-refractivity contribution is 0.218. The number of rotatable bonds is 5. The van der Waals surface area contributed by atoms with E-state index in [1.165, 1.54) is 0 Å². The highest BCUT2D eigenvalue weighted by Crippen LogP contribution is 2.24. The Hall–Kier alpha value is -2.36. The third-order valence-electron chi connectivity index (χ3n) is 3.14. The molecule has 2 rings (SSSR count). The molecular weight excluding hydrogens is 252 g/mol. The molecular formula is C16H20N2O2. The summed E-state index contributed by atoms with van der Waals surface area (Å²) in [7, 11) is 0. The predicted octanol–water partition coefficient (Wildman–Crippen LogP) is 2.93. The second kappa shape index (κ2) is 6.19. The third-order valence-corrected chi connectivity index (χ3v) is 3.14. The highest BCUT2D eigenvalue weighted by molar-refractivity contribution is 5.57. The van der Waals surface area contributed by atoms with Crippen molar-refractivity contribution in [2.75, 3.05) is 24.7 Å². The van der Waals surface area contributed by atoms with Gasteiger partial charge in [-0.15, -0.1) is 0 Å². The van der Waals surface area contributed by atoms with Gasteiger partial charge in [-0.2, -0.15) is 0 Å². The first-order valence-corrected chi connectivity index (χ1v) is 6.54. The van der Waals surface area contributed by atoms with E-state index in [2.05, 4.69) is 0 Å². The quantitative estimate of drug-likeness (QED) is 0.648. The normalized spacial score (nSPS) is 10.3. The molecule has 0 aliphatic rings. The van der Waals surface area contributed by atoms with Crippen LogP contribution in [0.4, 0.5) is 11.4 Å². The SMILES string of the molecule is Cc1cc(OCCOc2cccc(C)c2N)ccc1N. The standard InChI is InChI=1S/C16H20N2O2/c1-11-4-3-5-15(16(11)18)20-9-8-19-13-6-7-14(17)12(2)10-13/h3-7,10H,8-9,17-18H2,1-2H3. The summed E-state index contributed by atoms with van der Waals surface area (Å²) in [6.07, 6.45) is 0. The molecule has 0 atom stereocenters. The first-order valence-electron chi connectivity index (χ1n) is 6.54. The molecule has 0 bridgehead atoms. The summed E-state index contributed by atoms with van der Waals surface area (Å²) in [4.78, 5) is 0. The molecule has 2 aromatic rings. The number of aryl methyl sites for hydroxylation is 2. The van der Waals surface area contributed by atoms with E-state index in [-0.39, 0.29) is 0 Å². The highest BCUT2D eigenvalue weighted by atomic mass is 16.5. The van der Waals surface area contributed by atoms with E-state index in [1.54, 1.807) is 0 Å². The van der Waals surface area contributed by atoms with Crippen LogP contribution in [0.15, 0.2) is 36.4 Å². The maximum Gasteiger partial charge on any atom is 0.142 e. The number of anilines is 2. The van der Waals surface area contributed by atoms with E-state index in [4.69, 9.17) is 20.9 Å². The topological polar surface area (TPSA) is 70.5 Å². The first-order chi connectivity index (χ1) is 9.58. The Labute approximate surface area is 119 Å². The number of nitrogen functional groups attached to an aromatic ring is 2. The Kier molecular flexibility index (Phi) is 4.35. The lowest BCUT2D eigenvalue weighted by Crippen LogP contribution is -2.10. The Bertz CT molecular complexity index is 597. The Balaban J connectivity index is 1.84. The largest absolute Gasteiger partial charge is 0.490 e. The van der Waals surface area contributed by atoms with Gasteiger partial charge < -0.3 is 20.9 Å². The van der Waals surface area contributed by atoms with Crippen LogP contribution >= 0.6 is 0 Å². The van der Waals surface area contributed by atoms with Crippen LogP contribution in [0, 0.1) is 13.8 Å². The van der Waals surface area contributed by atoms with Crippen LogP contribution in [0.2, 0.25) is 0 Å². The van der Waals surface area contributed by atoms with Crippen molar-refractivity contribution in [2.45, 2.75) is 13.8 Å². The van der Waals surface area contributed by atoms with E-state index in [0.29, 0.717) is 24.7 Å². The number of para-hydroxylation sites is 1. The zero-order valence-electron chi connectivity index (χ0n) is 11.8. The highest BCUT2D eigenvalue weighted by Gasteiger charge is 2.03. The molecule has 0 saturated heterocycles. The number of hydrogen-bond acceptors (Lipinski definition) is 4. The van der Waals surface area contributed by atoms with Crippen molar-refractivity contribution in [1.82, 2.24) is 0 Å². The molecule has 0 aliphatic heterocycles. The van der Waals surface area contributed by atoms with E-state index < -0.39 is 0 Å². The molecule has 0 saturated carbocycles. The molecule has 4 heteroatoms. The second-order valence-corrected chi connectivity index (χ2v) is 4.70. The van der Waals surface area contributed by atoms with Gasteiger partial charge in [-0.3, -0.25) is 0 Å². The van der Waals surface area contributed by atoms with Gasteiger partial charge in [0.15, 0.2) is 0 Å². The summed E-state index contributed by atoms with van der Waals surface area (Å²) in [5.74, 6) is 1.49. The molecule has 0 aliphatic carbocycles. The predicted molar refractivity (Wildman–Crippen MR) is 82.2 cm³/mol. The molecule has 0 amide bonds. The maximum absolute atomic E-state index is 5.93. The van der Waals surface area contributed by atoms with Crippen LogP contribution in [-0.4, -0.2) is 13.2 Å². The van der Waals surface area contributed by atoms with Crippen molar-refractivity contribution in [3.05, 3.63) is 47.5 Å².